The third-order valence-corrected chi connectivity index (χ3v) is 4.77. The van der Waals surface area contributed by atoms with E-state index in [-0.39, 0.29) is 24.5 Å². The number of carbonyl (C=O) groups excluding carboxylic acids is 2. The Kier molecular flexibility index (Phi) is 9.58. The summed E-state index contributed by atoms with van der Waals surface area (Å²) in [4.78, 5) is 26.9. The van der Waals surface area contributed by atoms with Crippen LogP contribution in [0.4, 0.5) is 4.79 Å². The van der Waals surface area contributed by atoms with E-state index < -0.39 is 12.1 Å². The van der Waals surface area contributed by atoms with Crippen molar-refractivity contribution in [1.29, 1.82) is 5.26 Å². The molecule has 0 aliphatic carbocycles. The van der Waals surface area contributed by atoms with Gasteiger partial charge >= 0.3 is 6.03 Å². The van der Waals surface area contributed by atoms with Crippen LogP contribution in [-0.2, 0) is 20.9 Å². The molecule has 0 bridgehead atoms. The zero-order valence-electron chi connectivity index (χ0n) is 18.0. The zero-order valence-corrected chi connectivity index (χ0v) is 18.0. The van der Waals surface area contributed by atoms with E-state index in [1.54, 1.807) is 4.90 Å². The van der Waals surface area contributed by atoms with Crippen LogP contribution in [0.25, 0.3) is 0 Å². The van der Waals surface area contributed by atoms with Crippen LogP contribution in [0.5, 0.6) is 0 Å². The van der Waals surface area contributed by atoms with Gasteiger partial charge in [0.2, 0.25) is 5.91 Å². The first-order valence-electron chi connectivity index (χ1n) is 10.4. The Morgan fingerprint density at radius 3 is 2.47 bits per heavy atom. The Labute approximate surface area is 178 Å². The molecule has 1 heterocycles. The Morgan fingerprint density at radius 2 is 1.87 bits per heavy atom. The highest BCUT2D eigenvalue weighted by Gasteiger charge is 2.27. The molecule has 2 unspecified atom stereocenters. The van der Waals surface area contributed by atoms with Crippen molar-refractivity contribution < 1.29 is 19.1 Å². The fourth-order valence-electron chi connectivity index (χ4n) is 3.07. The SMILES string of the molecule is Cc1ccc(COCC(C#N)NC(=O)C(CC(C)C)NC(=O)N2CCOCC2)cc1. The minimum Gasteiger partial charge on any atom is -0.378 e. The third-order valence-electron chi connectivity index (χ3n) is 4.77. The molecule has 0 aromatic heterocycles. The minimum atomic E-state index is -0.794. The number of ether oxygens (including phenoxy) is 2. The summed E-state index contributed by atoms with van der Waals surface area (Å²) in [5.74, 6) is -0.181. The van der Waals surface area contributed by atoms with E-state index in [2.05, 4.69) is 16.7 Å². The highest BCUT2D eigenvalue weighted by Crippen LogP contribution is 2.08. The summed E-state index contributed by atoms with van der Waals surface area (Å²) < 4.78 is 10.9. The predicted molar refractivity (Wildman–Crippen MR) is 113 cm³/mol. The molecular weight excluding hydrogens is 384 g/mol. The van der Waals surface area contributed by atoms with Gasteiger partial charge in [-0.3, -0.25) is 4.79 Å². The van der Waals surface area contributed by atoms with Crippen LogP contribution in [0.3, 0.4) is 0 Å². The predicted octanol–water partition coefficient (Wildman–Crippen LogP) is 1.98. The molecule has 2 atom stereocenters. The van der Waals surface area contributed by atoms with E-state index in [0.717, 1.165) is 11.1 Å². The normalized spacial score (nSPS) is 15.9. The van der Waals surface area contributed by atoms with Gasteiger partial charge in [0.25, 0.3) is 0 Å². The van der Waals surface area contributed by atoms with Gasteiger partial charge in [-0.2, -0.15) is 5.26 Å². The van der Waals surface area contributed by atoms with Crippen LogP contribution in [-0.4, -0.2) is 61.8 Å². The number of nitrogens with one attached hydrogen (secondary N) is 2. The number of hydrogen-bond donors (Lipinski definition) is 2. The number of rotatable bonds is 9. The van der Waals surface area contributed by atoms with Gasteiger partial charge in [0.15, 0.2) is 0 Å². The van der Waals surface area contributed by atoms with Gasteiger partial charge in [0, 0.05) is 13.1 Å². The lowest BCUT2D eigenvalue weighted by molar-refractivity contribution is -0.124. The number of hydrogen-bond acceptors (Lipinski definition) is 5. The minimum absolute atomic E-state index is 0.0714. The van der Waals surface area contributed by atoms with E-state index in [1.165, 1.54) is 0 Å². The molecule has 164 valence electrons. The van der Waals surface area contributed by atoms with E-state index in [1.807, 2.05) is 45.0 Å². The van der Waals surface area contributed by atoms with E-state index in [4.69, 9.17) is 9.47 Å². The molecular formula is C22H32N4O4. The van der Waals surface area contributed by atoms with Crippen LogP contribution in [0.1, 0.15) is 31.4 Å². The summed E-state index contributed by atoms with van der Waals surface area (Å²) in [6, 6.07) is 8.19. The Hall–Kier alpha value is -2.63. The van der Waals surface area contributed by atoms with Crippen LogP contribution in [0.15, 0.2) is 24.3 Å². The second-order valence-electron chi connectivity index (χ2n) is 7.92. The smallest absolute Gasteiger partial charge is 0.318 e. The molecule has 1 aromatic carbocycles. The number of urea groups is 1. The van der Waals surface area contributed by atoms with Gasteiger partial charge in [-0.25, -0.2) is 4.79 Å². The Balaban J connectivity index is 1.87. The maximum absolute atomic E-state index is 12.8. The molecule has 8 nitrogen and oxygen atoms in total. The van der Waals surface area contributed by atoms with Gasteiger partial charge in [0.1, 0.15) is 12.1 Å². The highest BCUT2D eigenvalue weighted by atomic mass is 16.5. The lowest BCUT2D eigenvalue weighted by atomic mass is 10.0. The number of morpholine rings is 1. The first-order chi connectivity index (χ1) is 14.4. The fourth-order valence-corrected chi connectivity index (χ4v) is 3.07. The lowest BCUT2D eigenvalue weighted by Crippen LogP contribution is -2.55. The molecule has 1 saturated heterocycles. The summed E-state index contributed by atoms with van der Waals surface area (Å²) >= 11 is 0. The molecule has 3 amide bonds. The van der Waals surface area contributed by atoms with Crippen molar-refractivity contribution in [3.8, 4) is 6.07 Å². The topological polar surface area (TPSA) is 104 Å². The van der Waals surface area contributed by atoms with Gasteiger partial charge in [-0.05, 0) is 24.8 Å². The second kappa shape index (κ2) is 12.2. The van der Waals surface area contributed by atoms with Crippen LogP contribution in [0.2, 0.25) is 0 Å². The van der Waals surface area contributed by atoms with Crippen molar-refractivity contribution in [1.82, 2.24) is 15.5 Å². The van der Waals surface area contributed by atoms with Crippen molar-refractivity contribution >= 4 is 11.9 Å². The summed E-state index contributed by atoms with van der Waals surface area (Å²) in [6.07, 6.45) is 0.476. The third kappa shape index (κ3) is 8.01. The molecule has 8 heteroatoms. The fraction of sp³-hybridized carbons (Fsp3) is 0.591. The zero-order chi connectivity index (χ0) is 21.9. The first kappa shape index (κ1) is 23.6. The Morgan fingerprint density at radius 1 is 1.20 bits per heavy atom. The van der Waals surface area contributed by atoms with E-state index in [9.17, 15) is 14.9 Å². The average Bonchev–Trinajstić information content (AvgIpc) is 2.74. The maximum Gasteiger partial charge on any atom is 0.318 e. The first-order valence-corrected chi connectivity index (χ1v) is 10.4. The molecule has 1 aliphatic heterocycles. The molecule has 0 saturated carbocycles. The molecule has 2 rings (SSSR count). The average molecular weight is 417 g/mol. The lowest BCUT2D eigenvalue weighted by Gasteiger charge is -2.29. The highest BCUT2D eigenvalue weighted by molar-refractivity contribution is 5.87. The summed E-state index contributed by atoms with van der Waals surface area (Å²) in [7, 11) is 0. The molecule has 1 aromatic rings. The summed E-state index contributed by atoms with van der Waals surface area (Å²) in [5, 5.41) is 14.9. The number of nitrogens with zero attached hydrogens (tertiary/aromatic N) is 2. The number of aryl methyl sites for hydroxylation is 1. The van der Waals surface area contributed by atoms with Gasteiger partial charge in [-0.1, -0.05) is 43.7 Å². The molecule has 30 heavy (non-hydrogen) atoms. The van der Waals surface area contributed by atoms with E-state index >= 15 is 0 Å². The van der Waals surface area contributed by atoms with Gasteiger partial charge in [-0.15, -0.1) is 0 Å². The summed E-state index contributed by atoms with van der Waals surface area (Å²) in [5.41, 5.74) is 2.16. The molecule has 0 radical (unpaired) electrons. The van der Waals surface area contributed by atoms with Crippen molar-refractivity contribution in [2.24, 2.45) is 5.92 Å². The molecule has 2 N–H and O–H groups in total. The monoisotopic (exact) mass is 416 g/mol. The van der Waals surface area contributed by atoms with Crippen molar-refractivity contribution in [3.63, 3.8) is 0 Å². The second-order valence-corrected chi connectivity index (χ2v) is 7.92. The van der Waals surface area contributed by atoms with Gasteiger partial charge in [0.05, 0.1) is 32.5 Å². The number of nitriles is 1. The van der Waals surface area contributed by atoms with Crippen molar-refractivity contribution in [2.45, 2.75) is 45.9 Å². The van der Waals surface area contributed by atoms with E-state index in [0.29, 0.717) is 39.3 Å². The van der Waals surface area contributed by atoms with Crippen molar-refractivity contribution in [3.05, 3.63) is 35.4 Å². The standard InChI is InChI=1S/C22H32N4O4/c1-16(2)12-20(25-22(28)26-8-10-29-11-9-26)21(27)24-19(13-23)15-30-14-18-6-4-17(3)5-7-18/h4-7,16,19-20H,8-12,14-15H2,1-3H3,(H,24,27)(H,25,28). The number of amides is 3. The van der Waals surface area contributed by atoms with Gasteiger partial charge < -0.3 is 25.0 Å². The largest absolute Gasteiger partial charge is 0.378 e. The van der Waals surface area contributed by atoms with Crippen LogP contribution in [0, 0.1) is 24.2 Å². The number of carbonyl (C=O) groups is 2. The quantitative estimate of drug-likeness (QED) is 0.641. The Bertz CT molecular complexity index is 724. The van der Waals surface area contributed by atoms with Crippen LogP contribution >= 0.6 is 0 Å². The van der Waals surface area contributed by atoms with Crippen LogP contribution < -0.4 is 10.6 Å². The van der Waals surface area contributed by atoms with Crippen molar-refractivity contribution in [2.75, 3.05) is 32.9 Å². The summed E-state index contributed by atoms with van der Waals surface area (Å²) in [6.45, 7) is 8.37. The number of benzene rings is 1. The maximum atomic E-state index is 12.8. The molecule has 1 aliphatic rings. The molecule has 1 fully saturated rings. The molecule has 0 spiro atoms.